The van der Waals surface area contributed by atoms with Crippen LogP contribution in [0.5, 0.6) is 5.75 Å². The van der Waals surface area contributed by atoms with Gasteiger partial charge < -0.3 is 15.4 Å². The van der Waals surface area contributed by atoms with E-state index in [4.69, 9.17) is 14.7 Å². The summed E-state index contributed by atoms with van der Waals surface area (Å²) in [7, 11) is 3.46. The highest BCUT2D eigenvalue weighted by molar-refractivity contribution is 6.01. The number of pyridine rings is 1. The summed E-state index contributed by atoms with van der Waals surface area (Å²) in [6.07, 6.45) is 3.88. The lowest BCUT2D eigenvalue weighted by molar-refractivity contribution is -0.115. The van der Waals surface area contributed by atoms with Gasteiger partial charge in [0, 0.05) is 36.1 Å². The number of anilines is 2. The molecule has 2 N–H and O–H groups in total. The van der Waals surface area contributed by atoms with E-state index in [9.17, 15) is 4.79 Å². The number of hydrogen-bond donors (Lipinski definition) is 2. The van der Waals surface area contributed by atoms with Crippen LogP contribution in [0, 0.1) is 0 Å². The fourth-order valence-electron chi connectivity index (χ4n) is 3.73. The third-order valence-electron chi connectivity index (χ3n) is 5.21. The zero-order chi connectivity index (χ0) is 20.7. The molecule has 1 aliphatic rings. The van der Waals surface area contributed by atoms with Gasteiger partial charge in [0.05, 0.1) is 13.5 Å². The fraction of sp³-hybridized carbons (Fsp3) is 0.130. The monoisotopic (exact) mass is 397 g/mol. The standard InChI is InChI=1S/C23H19N5O2/c1-24-23-17-8-16(13-5-6-14-11-20(29)26-18(14)9-13)10-19(30-2)21(17)27-22(28-23)15-4-3-7-25-12-15/h3-10,12H,11H2,1-2H3,(H,26,29)(H,24,27,28). The van der Waals surface area contributed by atoms with Crippen LogP contribution in [-0.4, -0.2) is 35.0 Å². The summed E-state index contributed by atoms with van der Waals surface area (Å²) in [5.74, 6) is 1.95. The number of hydrogen-bond acceptors (Lipinski definition) is 6. The predicted octanol–water partition coefficient (Wildman–Crippen LogP) is 3.90. The molecule has 0 saturated carbocycles. The second-order valence-electron chi connectivity index (χ2n) is 7.06. The summed E-state index contributed by atoms with van der Waals surface area (Å²) >= 11 is 0. The number of nitrogens with zero attached hydrogens (tertiary/aromatic N) is 3. The molecule has 7 heteroatoms. The van der Waals surface area contributed by atoms with Gasteiger partial charge >= 0.3 is 0 Å². The number of methoxy groups -OCH3 is 1. The third kappa shape index (κ3) is 3.00. The molecule has 0 fully saturated rings. The zero-order valence-electron chi connectivity index (χ0n) is 16.6. The lowest BCUT2D eigenvalue weighted by atomic mass is 10.00. The molecule has 30 heavy (non-hydrogen) atoms. The van der Waals surface area contributed by atoms with Gasteiger partial charge in [-0.2, -0.15) is 0 Å². The average molecular weight is 397 g/mol. The van der Waals surface area contributed by atoms with E-state index >= 15 is 0 Å². The van der Waals surface area contributed by atoms with Gasteiger partial charge in [-0.25, -0.2) is 9.97 Å². The molecule has 0 bridgehead atoms. The maximum atomic E-state index is 11.7. The summed E-state index contributed by atoms with van der Waals surface area (Å²) in [4.78, 5) is 25.3. The minimum absolute atomic E-state index is 0.0204. The van der Waals surface area contributed by atoms with Crippen LogP contribution in [0.25, 0.3) is 33.4 Å². The summed E-state index contributed by atoms with van der Waals surface area (Å²) in [6.45, 7) is 0. The van der Waals surface area contributed by atoms with Gasteiger partial charge in [-0.15, -0.1) is 0 Å². The van der Waals surface area contributed by atoms with E-state index in [1.165, 1.54) is 0 Å². The van der Waals surface area contributed by atoms with Gasteiger partial charge in [0.15, 0.2) is 5.82 Å². The first-order chi connectivity index (χ1) is 14.7. The van der Waals surface area contributed by atoms with E-state index in [1.807, 2.05) is 49.5 Å². The average Bonchev–Trinajstić information content (AvgIpc) is 3.17. The van der Waals surface area contributed by atoms with Crippen LogP contribution in [0.3, 0.4) is 0 Å². The molecule has 148 valence electrons. The van der Waals surface area contributed by atoms with E-state index < -0.39 is 0 Å². The molecule has 1 aliphatic heterocycles. The van der Waals surface area contributed by atoms with Gasteiger partial charge in [0.2, 0.25) is 5.91 Å². The Morgan fingerprint density at radius 1 is 1.07 bits per heavy atom. The van der Waals surface area contributed by atoms with Crippen molar-refractivity contribution >= 4 is 28.3 Å². The van der Waals surface area contributed by atoms with E-state index in [2.05, 4.69) is 15.6 Å². The van der Waals surface area contributed by atoms with Crippen molar-refractivity contribution in [3.05, 3.63) is 60.4 Å². The first-order valence-corrected chi connectivity index (χ1v) is 9.57. The molecule has 7 nitrogen and oxygen atoms in total. The normalized spacial score (nSPS) is 12.5. The van der Waals surface area contributed by atoms with Crippen molar-refractivity contribution in [3.8, 4) is 28.3 Å². The number of nitrogens with one attached hydrogen (secondary N) is 2. The van der Waals surface area contributed by atoms with Gasteiger partial charge in [0.25, 0.3) is 0 Å². The van der Waals surface area contributed by atoms with Crippen LogP contribution in [-0.2, 0) is 11.2 Å². The Hall–Kier alpha value is -4.00. The lowest BCUT2D eigenvalue weighted by Crippen LogP contribution is -2.03. The molecule has 1 amide bonds. The molecule has 0 radical (unpaired) electrons. The van der Waals surface area contributed by atoms with Crippen molar-refractivity contribution in [2.75, 3.05) is 24.8 Å². The molecule has 2 aromatic carbocycles. The predicted molar refractivity (Wildman–Crippen MR) is 117 cm³/mol. The van der Waals surface area contributed by atoms with E-state index in [0.29, 0.717) is 29.3 Å². The quantitative estimate of drug-likeness (QED) is 0.543. The third-order valence-corrected chi connectivity index (χ3v) is 5.21. The molecular formula is C23H19N5O2. The molecular weight excluding hydrogens is 378 g/mol. The smallest absolute Gasteiger partial charge is 0.228 e. The molecule has 0 atom stereocenters. The van der Waals surface area contributed by atoms with Crippen molar-refractivity contribution in [2.45, 2.75) is 6.42 Å². The molecule has 3 heterocycles. The van der Waals surface area contributed by atoms with Crippen molar-refractivity contribution < 1.29 is 9.53 Å². The number of carbonyl (C=O) groups is 1. The number of rotatable bonds is 4. The molecule has 0 unspecified atom stereocenters. The lowest BCUT2D eigenvalue weighted by Gasteiger charge is -2.14. The second kappa shape index (κ2) is 7.11. The van der Waals surface area contributed by atoms with Crippen LogP contribution in [0.1, 0.15) is 5.56 Å². The van der Waals surface area contributed by atoms with Crippen molar-refractivity contribution in [3.63, 3.8) is 0 Å². The molecule has 0 aliphatic carbocycles. The molecule has 5 rings (SSSR count). The first-order valence-electron chi connectivity index (χ1n) is 9.57. The highest BCUT2D eigenvalue weighted by Crippen LogP contribution is 2.37. The van der Waals surface area contributed by atoms with Gasteiger partial charge in [-0.1, -0.05) is 12.1 Å². The number of amides is 1. The molecule has 4 aromatic rings. The number of ether oxygens (including phenoxy) is 1. The largest absolute Gasteiger partial charge is 0.494 e. The first kappa shape index (κ1) is 18.1. The van der Waals surface area contributed by atoms with E-state index in [0.717, 1.165) is 33.3 Å². The Morgan fingerprint density at radius 3 is 2.73 bits per heavy atom. The van der Waals surface area contributed by atoms with Crippen LogP contribution in [0.15, 0.2) is 54.9 Å². The Morgan fingerprint density at radius 2 is 1.97 bits per heavy atom. The number of carbonyl (C=O) groups excluding carboxylic acids is 1. The molecule has 0 spiro atoms. The summed E-state index contributed by atoms with van der Waals surface area (Å²) < 4.78 is 5.69. The van der Waals surface area contributed by atoms with Gasteiger partial charge in [0.1, 0.15) is 17.1 Å². The molecule has 2 aromatic heterocycles. The van der Waals surface area contributed by atoms with E-state index in [1.54, 1.807) is 19.5 Å². The summed E-state index contributed by atoms with van der Waals surface area (Å²) in [5, 5.41) is 6.93. The Balaban J connectivity index is 1.69. The highest BCUT2D eigenvalue weighted by atomic mass is 16.5. The number of fused-ring (bicyclic) bond motifs is 2. The van der Waals surface area contributed by atoms with Crippen LogP contribution >= 0.6 is 0 Å². The minimum atomic E-state index is 0.0204. The SMILES string of the molecule is CNc1nc(-c2cccnc2)nc2c(OC)cc(-c3ccc4c(c3)NC(=O)C4)cc12. The summed E-state index contributed by atoms with van der Waals surface area (Å²) in [6, 6.07) is 13.8. The van der Waals surface area contributed by atoms with Crippen molar-refractivity contribution in [2.24, 2.45) is 0 Å². The number of aromatic nitrogens is 3. The van der Waals surface area contributed by atoms with E-state index in [-0.39, 0.29) is 5.91 Å². The zero-order valence-corrected chi connectivity index (χ0v) is 16.6. The summed E-state index contributed by atoms with van der Waals surface area (Å²) in [5.41, 5.74) is 5.35. The Bertz CT molecular complexity index is 1290. The van der Waals surface area contributed by atoms with Crippen molar-refractivity contribution in [1.82, 2.24) is 15.0 Å². The minimum Gasteiger partial charge on any atom is -0.494 e. The highest BCUT2D eigenvalue weighted by Gasteiger charge is 2.19. The van der Waals surface area contributed by atoms with Crippen LogP contribution in [0.2, 0.25) is 0 Å². The molecule has 0 saturated heterocycles. The van der Waals surface area contributed by atoms with Gasteiger partial charge in [-0.3, -0.25) is 9.78 Å². The fourth-order valence-corrected chi connectivity index (χ4v) is 3.73. The topological polar surface area (TPSA) is 89.0 Å². The van der Waals surface area contributed by atoms with Crippen molar-refractivity contribution in [1.29, 1.82) is 0 Å². The van der Waals surface area contributed by atoms with Crippen LogP contribution in [0.4, 0.5) is 11.5 Å². The Kier molecular flexibility index (Phi) is 4.28. The second-order valence-corrected chi connectivity index (χ2v) is 7.06. The maximum absolute atomic E-state index is 11.7. The Labute approximate surface area is 173 Å². The maximum Gasteiger partial charge on any atom is 0.228 e. The van der Waals surface area contributed by atoms with Crippen LogP contribution < -0.4 is 15.4 Å². The number of benzene rings is 2. The van der Waals surface area contributed by atoms with Gasteiger partial charge in [-0.05, 0) is 47.0 Å².